The number of ether oxygens (including phenoxy) is 2. The van der Waals surface area contributed by atoms with Crippen molar-refractivity contribution < 1.29 is 19.5 Å². The molecular formula is C20H19ClN2O5. The van der Waals surface area contributed by atoms with Crippen LogP contribution in [0.4, 0.5) is 5.69 Å². The Bertz CT molecular complexity index is 1170. The molecule has 2 heterocycles. The third kappa shape index (κ3) is 2.78. The van der Waals surface area contributed by atoms with Crippen molar-refractivity contribution in [3.63, 3.8) is 0 Å². The Kier molecular flexibility index (Phi) is 4.64. The van der Waals surface area contributed by atoms with Gasteiger partial charge in [-0.3, -0.25) is 4.79 Å². The van der Waals surface area contributed by atoms with E-state index in [4.69, 9.17) is 21.1 Å². The highest BCUT2D eigenvalue weighted by atomic mass is 35.5. The fraction of sp³-hybridized carbons (Fsp3) is 0.300. The monoisotopic (exact) mass is 402 g/mol. The van der Waals surface area contributed by atoms with Crippen LogP contribution in [0.1, 0.15) is 15.9 Å². The van der Waals surface area contributed by atoms with Gasteiger partial charge in [0, 0.05) is 28.9 Å². The van der Waals surface area contributed by atoms with E-state index in [1.807, 2.05) is 4.90 Å². The molecule has 1 saturated heterocycles. The molecule has 7 nitrogen and oxygen atoms in total. The van der Waals surface area contributed by atoms with Crippen molar-refractivity contribution in [3.05, 3.63) is 50.8 Å². The van der Waals surface area contributed by atoms with Crippen LogP contribution in [0, 0.1) is 6.92 Å². The summed E-state index contributed by atoms with van der Waals surface area (Å²) in [4.78, 5) is 27.8. The van der Waals surface area contributed by atoms with Crippen LogP contribution in [0.25, 0.3) is 21.7 Å². The van der Waals surface area contributed by atoms with Crippen molar-refractivity contribution in [1.29, 1.82) is 0 Å². The minimum Gasteiger partial charge on any atom is -0.465 e. The second-order valence-electron chi connectivity index (χ2n) is 6.71. The highest BCUT2D eigenvalue weighted by molar-refractivity contribution is 6.32. The zero-order valence-electron chi connectivity index (χ0n) is 15.5. The first-order chi connectivity index (χ1) is 13.4. The van der Waals surface area contributed by atoms with E-state index in [1.54, 1.807) is 31.2 Å². The van der Waals surface area contributed by atoms with Crippen molar-refractivity contribution in [2.75, 3.05) is 38.3 Å². The van der Waals surface area contributed by atoms with Gasteiger partial charge >= 0.3 is 5.97 Å². The molecule has 0 spiro atoms. The number of halogens is 1. The molecule has 0 saturated carbocycles. The Morgan fingerprint density at radius 1 is 1.21 bits per heavy atom. The second-order valence-corrected chi connectivity index (χ2v) is 7.14. The summed E-state index contributed by atoms with van der Waals surface area (Å²) < 4.78 is 11.0. The van der Waals surface area contributed by atoms with Crippen LogP contribution in [0.5, 0.6) is 0 Å². The van der Waals surface area contributed by atoms with E-state index < -0.39 is 11.5 Å². The molecule has 28 heavy (non-hydrogen) atoms. The van der Waals surface area contributed by atoms with E-state index in [0.717, 1.165) is 0 Å². The normalized spacial score (nSPS) is 14.6. The molecule has 2 aromatic carbocycles. The van der Waals surface area contributed by atoms with E-state index in [1.165, 1.54) is 7.11 Å². The van der Waals surface area contributed by atoms with Crippen molar-refractivity contribution in [1.82, 2.24) is 4.73 Å². The first-order valence-corrected chi connectivity index (χ1v) is 9.23. The third-order valence-electron chi connectivity index (χ3n) is 5.11. The molecule has 4 rings (SSSR count). The predicted molar refractivity (Wildman–Crippen MR) is 107 cm³/mol. The number of fused-ring (bicyclic) bond motifs is 3. The lowest BCUT2D eigenvalue weighted by molar-refractivity contribution is 0.0602. The summed E-state index contributed by atoms with van der Waals surface area (Å²) in [6.45, 7) is 4.07. The fourth-order valence-corrected chi connectivity index (χ4v) is 3.98. The number of hydrogen-bond acceptors (Lipinski definition) is 6. The number of esters is 1. The van der Waals surface area contributed by atoms with Gasteiger partial charge in [-0.15, -0.1) is 4.73 Å². The van der Waals surface area contributed by atoms with Gasteiger partial charge in [0.15, 0.2) is 0 Å². The van der Waals surface area contributed by atoms with Crippen LogP contribution in [0.3, 0.4) is 0 Å². The van der Waals surface area contributed by atoms with E-state index >= 15 is 0 Å². The molecule has 0 atom stereocenters. The summed E-state index contributed by atoms with van der Waals surface area (Å²) in [5.41, 5.74) is 1.29. The van der Waals surface area contributed by atoms with E-state index in [-0.39, 0.29) is 10.9 Å². The molecule has 0 unspecified atom stereocenters. The Morgan fingerprint density at radius 2 is 1.93 bits per heavy atom. The van der Waals surface area contributed by atoms with Gasteiger partial charge in [0.1, 0.15) is 0 Å². The quantitative estimate of drug-likeness (QED) is 0.403. The molecule has 0 aliphatic carbocycles. The highest BCUT2D eigenvalue weighted by Gasteiger charge is 2.26. The summed E-state index contributed by atoms with van der Waals surface area (Å²) >= 11 is 6.19. The zero-order chi connectivity index (χ0) is 20.0. The molecule has 1 N–H and O–H groups in total. The maximum absolute atomic E-state index is 13.1. The number of aryl methyl sites for hydroxylation is 1. The average molecular weight is 403 g/mol. The van der Waals surface area contributed by atoms with Gasteiger partial charge in [-0.2, -0.15) is 0 Å². The lowest BCUT2D eigenvalue weighted by Crippen LogP contribution is -2.37. The molecule has 1 aliphatic heterocycles. The molecule has 8 heteroatoms. The number of morpholine rings is 1. The molecule has 1 aliphatic rings. The van der Waals surface area contributed by atoms with Crippen molar-refractivity contribution in [3.8, 4) is 0 Å². The number of carbonyl (C=O) groups is 1. The average Bonchev–Trinajstić information content (AvgIpc) is 2.71. The van der Waals surface area contributed by atoms with Gasteiger partial charge in [-0.1, -0.05) is 11.6 Å². The van der Waals surface area contributed by atoms with Gasteiger partial charge in [0.2, 0.25) is 0 Å². The number of rotatable bonds is 2. The summed E-state index contributed by atoms with van der Waals surface area (Å²) in [7, 11) is 1.30. The van der Waals surface area contributed by atoms with E-state index in [0.29, 0.717) is 63.6 Å². The number of pyridine rings is 1. The van der Waals surface area contributed by atoms with Gasteiger partial charge in [-0.05, 0) is 36.8 Å². The van der Waals surface area contributed by atoms with Crippen LogP contribution >= 0.6 is 11.6 Å². The number of methoxy groups -OCH3 is 1. The second kappa shape index (κ2) is 7.00. The number of anilines is 1. The number of nitrogens with zero attached hydrogens (tertiary/aromatic N) is 2. The molecule has 3 aromatic rings. The molecule has 146 valence electrons. The first-order valence-electron chi connectivity index (χ1n) is 8.86. The first kappa shape index (κ1) is 18.6. The van der Waals surface area contributed by atoms with Crippen LogP contribution in [0.15, 0.2) is 29.1 Å². The van der Waals surface area contributed by atoms with Crippen LogP contribution in [0.2, 0.25) is 5.02 Å². The Hall–Kier alpha value is -2.77. The number of carbonyl (C=O) groups excluding carboxylic acids is 1. The highest BCUT2D eigenvalue weighted by Crippen LogP contribution is 2.36. The SMILES string of the molecule is COC(=O)c1c(C)cc(N2CCOCC2)c2c(=O)n(O)c3ccc(Cl)cc3c12. The minimum absolute atomic E-state index is 0.255. The fourth-order valence-electron chi connectivity index (χ4n) is 3.81. The van der Waals surface area contributed by atoms with Crippen LogP contribution in [-0.2, 0) is 9.47 Å². The maximum atomic E-state index is 13.1. The summed E-state index contributed by atoms with van der Waals surface area (Å²) in [5, 5.41) is 12.1. The topological polar surface area (TPSA) is 81.0 Å². The van der Waals surface area contributed by atoms with Crippen molar-refractivity contribution in [2.24, 2.45) is 0 Å². The Labute approximate surface area is 165 Å². The number of benzene rings is 2. The van der Waals surface area contributed by atoms with Crippen LogP contribution in [-0.4, -0.2) is 49.3 Å². The van der Waals surface area contributed by atoms with Crippen molar-refractivity contribution >= 4 is 44.9 Å². The molecule has 1 fully saturated rings. The largest absolute Gasteiger partial charge is 0.465 e. The van der Waals surface area contributed by atoms with Gasteiger partial charge in [0.05, 0.1) is 42.5 Å². The van der Waals surface area contributed by atoms with E-state index in [9.17, 15) is 14.8 Å². The summed E-state index contributed by atoms with van der Waals surface area (Å²) in [6.07, 6.45) is 0. The predicted octanol–water partition coefficient (Wildman–Crippen LogP) is 2.98. The molecule has 0 amide bonds. The zero-order valence-corrected chi connectivity index (χ0v) is 16.2. The molecule has 0 bridgehead atoms. The standard InChI is InChI=1S/C20H19ClN2O5/c1-11-9-15(22-5-7-28-8-6-22)18-17(16(11)20(25)27-2)13-10-12(21)3-4-14(13)23(26)19(18)24/h3-4,9-10,26H,5-8H2,1-2H3. The van der Waals surface area contributed by atoms with Crippen LogP contribution < -0.4 is 10.5 Å². The van der Waals surface area contributed by atoms with Gasteiger partial charge in [-0.25, -0.2) is 4.79 Å². The summed E-state index contributed by atoms with van der Waals surface area (Å²) in [6, 6.07) is 6.56. The maximum Gasteiger partial charge on any atom is 0.338 e. The van der Waals surface area contributed by atoms with Crippen molar-refractivity contribution in [2.45, 2.75) is 6.92 Å². The molecule has 1 aromatic heterocycles. The summed E-state index contributed by atoms with van der Waals surface area (Å²) in [5.74, 6) is -0.549. The molecular weight excluding hydrogens is 384 g/mol. The smallest absolute Gasteiger partial charge is 0.338 e. The number of aromatic nitrogens is 1. The molecule has 0 radical (unpaired) electrons. The minimum atomic E-state index is -0.600. The third-order valence-corrected chi connectivity index (χ3v) is 5.34. The van der Waals surface area contributed by atoms with Gasteiger partial charge < -0.3 is 19.6 Å². The number of hydrogen-bond donors (Lipinski definition) is 1. The Balaban J connectivity index is 2.24. The lowest BCUT2D eigenvalue weighted by atomic mass is 9.95. The van der Waals surface area contributed by atoms with E-state index in [2.05, 4.69) is 0 Å². The Morgan fingerprint density at radius 3 is 2.61 bits per heavy atom. The lowest BCUT2D eigenvalue weighted by Gasteiger charge is -2.30. The van der Waals surface area contributed by atoms with Gasteiger partial charge in [0.25, 0.3) is 5.56 Å².